The molecule has 0 aromatic carbocycles. The quantitative estimate of drug-likeness (QED) is 0.549. The van der Waals surface area contributed by atoms with Gasteiger partial charge in [0.05, 0.1) is 12.6 Å². The van der Waals surface area contributed by atoms with Crippen LogP contribution >= 0.6 is 0 Å². The highest BCUT2D eigenvalue weighted by atomic mass is 15.3. The number of nitrogens with zero attached hydrogens (tertiary/aromatic N) is 4. The van der Waals surface area contributed by atoms with Crippen molar-refractivity contribution < 1.29 is 4.57 Å². The first kappa shape index (κ1) is 13.9. The van der Waals surface area contributed by atoms with Crippen LogP contribution in [0.1, 0.15) is 24.1 Å². The predicted octanol–water partition coefficient (Wildman–Crippen LogP) is 1.13. The standard InChI is InChI=1S/C17H21N6/c1-21-10-11-22(12-21)9-3-8-19-17-16(18)15-7-6-13-4-2-5-14(13)23(15)20-17/h6-7,12H,2-5,8-9,18H2,1H3,(H,19,20)/q+1. The fourth-order valence-electron chi connectivity index (χ4n) is 3.27. The van der Waals surface area contributed by atoms with Crippen LogP contribution in [0.3, 0.4) is 0 Å². The van der Waals surface area contributed by atoms with Crippen LogP contribution in [0, 0.1) is 12.4 Å². The van der Waals surface area contributed by atoms with Gasteiger partial charge in [0.2, 0.25) is 0 Å². The molecule has 23 heavy (non-hydrogen) atoms. The average Bonchev–Trinajstić information content (AvgIpc) is 3.23. The number of rotatable bonds is 5. The normalized spacial score (nSPS) is 13.3. The van der Waals surface area contributed by atoms with Gasteiger partial charge in [-0.05, 0) is 30.9 Å². The second-order valence-corrected chi connectivity index (χ2v) is 6.14. The van der Waals surface area contributed by atoms with Crippen molar-refractivity contribution in [3.8, 4) is 0 Å². The number of aryl methyl sites for hydroxylation is 4. The minimum atomic E-state index is 0.743. The van der Waals surface area contributed by atoms with E-state index >= 15 is 0 Å². The Hall–Kier alpha value is -2.68. The maximum atomic E-state index is 6.26. The molecule has 1 aliphatic carbocycles. The zero-order chi connectivity index (χ0) is 15.8. The van der Waals surface area contributed by atoms with Gasteiger partial charge in [-0.25, -0.2) is 4.52 Å². The number of anilines is 2. The summed E-state index contributed by atoms with van der Waals surface area (Å²) in [7, 11) is 1.95. The van der Waals surface area contributed by atoms with E-state index in [0.29, 0.717) is 0 Å². The molecule has 0 aliphatic heterocycles. The average molecular weight is 309 g/mol. The number of nitrogen functional groups attached to an aromatic ring is 1. The molecular weight excluding hydrogens is 288 g/mol. The summed E-state index contributed by atoms with van der Waals surface area (Å²) < 4.78 is 5.89. The Morgan fingerprint density at radius 3 is 3.13 bits per heavy atom. The molecule has 118 valence electrons. The van der Waals surface area contributed by atoms with Crippen LogP contribution in [-0.2, 0) is 26.4 Å². The van der Waals surface area contributed by atoms with Gasteiger partial charge in [-0.15, -0.1) is 5.10 Å². The smallest absolute Gasteiger partial charge is 0.260 e. The number of hydrogen-bond acceptors (Lipinski definition) is 3. The lowest BCUT2D eigenvalue weighted by molar-refractivity contribution is -0.673. The van der Waals surface area contributed by atoms with Crippen molar-refractivity contribution >= 4 is 17.0 Å². The molecule has 0 radical (unpaired) electrons. The van der Waals surface area contributed by atoms with Gasteiger partial charge in [-0.3, -0.25) is 0 Å². The molecule has 3 heterocycles. The van der Waals surface area contributed by atoms with Crippen LogP contribution in [0.15, 0.2) is 18.5 Å². The molecule has 0 bridgehead atoms. The first-order valence-electron chi connectivity index (χ1n) is 8.11. The van der Waals surface area contributed by atoms with Gasteiger partial charge in [-0.1, -0.05) is 6.07 Å². The third-order valence-corrected chi connectivity index (χ3v) is 4.44. The summed E-state index contributed by atoms with van der Waals surface area (Å²) >= 11 is 0. The van der Waals surface area contributed by atoms with E-state index in [9.17, 15) is 0 Å². The first-order valence-corrected chi connectivity index (χ1v) is 8.11. The lowest BCUT2D eigenvalue weighted by Crippen LogP contribution is -2.24. The minimum Gasteiger partial charge on any atom is -0.394 e. The van der Waals surface area contributed by atoms with Crippen LogP contribution in [-0.4, -0.2) is 20.7 Å². The van der Waals surface area contributed by atoms with Crippen molar-refractivity contribution in [2.75, 3.05) is 17.6 Å². The predicted molar refractivity (Wildman–Crippen MR) is 88.0 cm³/mol. The second kappa shape index (κ2) is 5.51. The maximum absolute atomic E-state index is 6.26. The lowest BCUT2D eigenvalue weighted by atomic mass is 10.2. The molecule has 6 heteroatoms. The minimum absolute atomic E-state index is 0.743. The van der Waals surface area contributed by atoms with E-state index in [1.165, 1.54) is 17.7 Å². The first-order chi connectivity index (χ1) is 11.2. The van der Waals surface area contributed by atoms with E-state index in [-0.39, 0.29) is 0 Å². The molecule has 0 amide bonds. The molecule has 0 unspecified atom stereocenters. The zero-order valence-corrected chi connectivity index (χ0v) is 13.3. The van der Waals surface area contributed by atoms with Gasteiger partial charge < -0.3 is 11.1 Å². The van der Waals surface area contributed by atoms with Crippen LogP contribution < -0.4 is 15.6 Å². The largest absolute Gasteiger partial charge is 0.394 e. The van der Waals surface area contributed by atoms with E-state index in [2.05, 4.69) is 34.9 Å². The molecule has 0 fully saturated rings. The highest BCUT2D eigenvalue weighted by Crippen LogP contribution is 2.29. The molecule has 3 aromatic heterocycles. The molecule has 0 atom stereocenters. The van der Waals surface area contributed by atoms with Gasteiger partial charge in [0.25, 0.3) is 6.33 Å². The van der Waals surface area contributed by atoms with Gasteiger partial charge in [0.15, 0.2) is 18.2 Å². The Labute approximate surface area is 135 Å². The molecule has 6 nitrogen and oxygen atoms in total. The summed E-state index contributed by atoms with van der Waals surface area (Å²) in [5, 5.41) is 8.06. The van der Waals surface area contributed by atoms with Crippen molar-refractivity contribution in [2.45, 2.75) is 32.2 Å². The Bertz CT molecular complexity index is 844. The summed E-state index contributed by atoms with van der Waals surface area (Å²) in [4.78, 5) is 0. The number of fused-ring (bicyclic) bond motifs is 3. The SMILES string of the molecule is C[n+]1c#cn(CCCNc2nn3c4c(ccc3c2N)CCC4)c1. The second-order valence-electron chi connectivity index (χ2n) is 6.14. The summed E-state index contributed by atoms with van der Waals surface area (Å²) in [6.45, 7) is 1.72. The summed E-state index contributed by atoms with van der Waals surface area (Å²) in [5.74, 6) is 0.791. The Morgan fingerprint density at radius 2 is 2.30 bits per heavy atom. The van der Waals surface area contributed by atoms with Gasteiger partial charge in [0, 0.05) is 18.7 Å². The monoisotopic (exact) mass is 309 g/mol. The number of nitrogens with one attached hydrogen (secondary N) is 1. The molecule has 1 aliphatic rings. The number of nitrogens with two attached hydrogens (primary N) is 1. The highest BCUT2D eigenvalue weighted by molar-refractivity contribution is 5.81. The van der Waals surface area contributed by atoms with E-state index in [4.69, 9.17) is 5.73 Å². The van der Waals surface area contributed by atoms with Crippen LogP contribution in [0.4, 0.5) is 11.5 Å². The van der Waals surface area contributed by atoms with Crippen molar-refractivity contribution in [2.24, 2.45) is 7.05 Å². The zero-order valence-electron chi connectivity index (χ0n) is 13.3. The number of aromatic nitrogens is 4. The summed E-state index contributed by atoms with van der Waals surface area (Å²) in [5.41, 5.74) is 10.7. The van der Waals surface area contributed by atoms with Gasteiger partial charge in [-0.2, -0.15) is 9.13 Å². The van der Waals surface area contributed by atoms with Gasteiger partial charge >= 0.3 is 0 Å². The Kier molecular flexibility index (Phi) is 3.34. The van der Waals surface area contributed by atoms with E-state index in [1.54, 1.807) is 0 Å². The molecule has 0 saturated heterocycles. The van der Waals surface area contributed by atoms with E-state index in [0.717, 1.165) is 49.4 Å². The fourth-order valence-corrected chi connectivity index (χ4v) is 3.27. The van der Waals surface area contributed by atoms with Crippen LogP contribution in [0.2, 0.25) is 0 Å². The third-order valence-electron chi connectivity index (χ3n) is 4.44. The van der Waals surface area contributed by atoms with Crippen molar-refractivity contribution in [3.05, 3.63) is 42.1 Å². The van der Waals surface area contributed by atoms with E-state index in [1.807, 2.05) is 27.0 Å². The topological polar surface area (TPSA) is 64.2 Å². The van der Waals surface area contributed by atoms with Crippen molar-refractivity contribution in [1.29, 1.82) is 0 Å². The Balaban J connectivity index is 1.46. The highest BCUT2D eigenvalue weighted by Gasteiger charge is 2.18. The van der Waals surface area contributed by atoms with E-state index < -0.39 is 0 Å². The van der Waals surface area contributed by atoms with Gasteiger partial charge in [0.1, 0.15) is 12.2 Å². The lowest BCUT2D eigenvalue weighted by Gasteiger charge is -2.02. The fraction of sp³-hybridized carbons (Fsp3) is 0.412. The van der Waals surface area contributed by atoms with Crippen LogP contribution in [0.25, 0.3) is 5.52 Å². The number of pyridine rings is 1. The number of hydrogen-bond donors (Lipinski definition) is 2. The molecule has 3 aromatic rings. The molecule has 0 spiro atoms. The Morgan fingerprint density at radius 1 is 1.39 bits per heavy atom. The molecular formula is C17H21N6+. The van der Waals surface area contributed by atoms with Crippen LogP contribution in [0.5, 0.6) is 0 Å². The molecule has 0 saturated carbocycles. The maximum Gasteiger partial charge on any atom is 0.260 e. The van der Waals surface area contributed by atoms with Crippen molar-refractivity contribution in [3.63, 3.8) is 0 Å². The molecule has 4 rings (SSSR count). The molecule has 3 N–H and O–H groups in total. The van der Waals surface area contributed by atoms with Crippen molar-refractivity contribution in [1.82, 2.24) is 14.2 Å². The third kappa shape index (κ3) is 2.48. The summed E-state index contributed by atoms with van der Waals surface area (Å²) in [6.07, 6.45) is 12.4. The summed E-state index contributed by atoms with van der Waals surface area (Å²) in [6, 6.07) is 4.28.